The number of allylic oxidation sites excluding steroid dienone is 1. The zero-order valence-electron chi connectivity index (χ0n) is 19.7. The normalized spacial score (nSPS) is 11.1. The molecule has 0 spiro atoms. The number of para-hydroxylation sites is 1. The standard InChI is InChI=1S/C28H28N2O4/c1-4-8-20-11-16-25(26(19-20)33-3)34-18-7-17-30-27(21-12-14-22(32-2)15-13-21)29-24-10-6-5-9-23(24)28(30)31/h4-6,8-16,19H,7,17-18H2,1-3H3. The second kappa shape index (κ2) is 10.7. The SMILES string of the molecule is CC=Cc1ccc(OCCCn2c(-c3ccc(OC)cc3)nc3ccccc3c2=O)c(OC)c1. The van der Waals surface area contributed by atoms with Crippen molar-refractivity contribution in [2.45, 2.75) is 19.9 Å². The van der Waals surface area contributed by atoms with E-state index in [0.29, 0.717) is 47.8 Å². The molecule has 1 heterocycles. The summed E-state index contributed by atoms with van der Waals surface area (Å²) >= 11 is 0. The van der Waals surface area contributed by atoms with Crippen LogP contribution in [0.2, 0.25) is 0 Å². The molecule has 0 unspecified atom stereocenters. The van der Waals surface area contributed by atoms with E-state index in [0.717, 1.165) is 16.9 Å². The first-order valence-electron chi connectivity index (χ1n) is 11.2. The molecule has 0 aliphatic carbocycles. The van der Waals surface area contributed by atoms with Crippen molar-refractivity contribution in [3.05, 3.63) is 88.7 Å². The van der Waals surface area contributed by atoms with Gasteiger partial charge in [-0.3, -0.25) is 9.36 Å². The zero-order valence-corrected chi connectivity index (χ0v) is 19.7. The van der Waals surface area contributed by atoms with Crippen LogP contribution in [0.1, 0.15) is 18.9 Å². The van der Waals surface area contributed by atoms with E-state index in [4.69, 9.17) is 19.2 Å². The van der Waals surface area contributed by atoms with E-state index in [9.17, 15) is 4.79 Å². The molecule has 34 heavy (non-hydrogen) atoms. The molecule has 0 aliphatic rings. The fourth-order valence-corrected chi connectivity index (χ4v) is 3.84. The molecule has 3 aromatic carbocycles. The summed E-state index contributed by atoms with van der Waals surface area (Å²) in [6.45, 7) is 2.87. The van der Waals surface area contributed by atoms with Crippen LogP contribution >= 0.6 is 0 Å². The number of hydrogen-bond donors (Lipinski definition) is 0. The summed E-state index contributed by atoms with van der Waals surface area (Å²) in [7, 11) is 3.26. The Morgan fingerprint density at radius 2 is 1.74 bits per heavy atom. The van der Waals surface area contributed by atoms with Gasteiger partial charge in [-0.1, -0.05) is 30.4 Å². The molecule has 174 valence electrons. The summed E-state index contributed by atoms with van der Waals surface area (Å²) in [5.41, 5.74) is 2.51. The van der Waals surface area contributed by atoms with E-state index in [1.165, 1.54) is 0 Å². The van der Waals surface area contributed by atoms with E-state index in [-0.39, 0.29) is 5.56 Å². The third-order valence-corrected chi connectivity index (χ3v) is 5.54. The molecule has 0 radical (unpaired) electrons. The van der Waals surface area contributed by atoms with E-state index in [1.807, 2.05) is 85.8 Å². The average Bonchev–Trinajstić information content (AvgIpc) is 2.88. The number of benzene rings is 3. The molecule has 6 heteroatoms. The van der Waals surface area contributed by atoms with Gasteiger partial charge in [-0.25, -0.2) is 4.98 Å². The maximum atomic E-state index is 13.3. The van der Waals surface area contributed by atoms with E-state index in [1.54, 1.807) is 18.8 Å². The highest BCUT2D eigenvalue weighted by Crippen LogP contribution is 2.29. The highest BCUT2D eigenvalue weighted by atomic mass is 16.5. The predicted octanol–water partition coefficient (Wildman–Crippen LogP) is 5.58. The summed E-state index contributed by atoms with van der Waals surface area (Å²) < 4.78 is 18.5. The molecule has 1 aromatic heterocycles. The number of rotatable bonds is 9. The van der Waals surface area contributed by atoms with Crippen LogP contribution in [0, 0.1) is 0 Å². The molecule has 0 saturated heterocycles. The summed E-state index contributed by atoms with van der Waals surface area (Å²) in [6.07, 6.45) is 4.61. The molecule has 0 saturated carbocycles. The summed E-state index contributed by atoms with van der Waals surface area (Å²) in [6, 6.07) is 20.8. The van der Waals surface area contributed by atoms with Crippen LogP contribution in [0.15, 0.2) is 77.6 Å². The van der Waals surface area contributed by atoms with Crippen LogP contribution in [0.3, 0.4) is 0 Å². The van der Waals surface area contributed by atoms with Crippen molar-refractivity contribution in [3.63, 3.8) is 0 Å². The van der Waals surface area contributed by atoms with Crippen molar-refractivity contribution in [1.82, 2.24) is 9.55 Å². The Labute approximate surface area is 199 Å². The van der Waals surface area contributed by atoms with Gasteiger partial charge >= 0.3 is 0 Å². The Hall–Kier alpha value is -4.06. The van der Waals surface area contributed by atoms with Gasteiger partial charge in [-0.05, 0) is 67.4 Å². The molecular formula is C28H28N2O4. The van der Waals surface area contributed by atoms with E-state index < -0.39 is 0 Å². The van der Waals surface area contributed by atoms with Crippen molar-refractivity contribution in [1.29, 1.82) is 0 Å². The Kier molecular flexibility index (Phi) is 7.28. The predicted molar refractivity (Wildman–Crippen MR) is 136 cm³/mol. The number of fused-ring (bicyclic) bond motifs is 1. The number of aromatic nitrogens is 2. The monoisotopic (exact) mass is 456 g/mol. The summed E-state index contributed by atoms with van der Waals surface area (Å²) in [5, 5.41) is 0.599. The van der Waals surface area contributed by atoms with Crippen LogP contribution in [-0.2, 0) is 6.54 Å². The number of hydrogen-bond acceptors (Lipinski definition) is 5. The summed E-state index contributed by atoms with van der Waals surface area (Å²) in [4.78, 5) is 18.1. The minimum atomic E-state index is -0.0651. The third-order valence-electron chi connectivity index (χ3n) is 5.54. The largest absolute Gasteiger partial charge is 0.497 e. The molecule has 0 bridgehead atoms. The van der Waals surface area contributed by atoms with Crippen LogP contribution in [-0.4, -0.2) is 30.4 Å². The number of ether oxygens (including phenoxy) is 3. The lowest BCUT2D eigenvalue weighted by Gasteiger charge is -2.15. The first-order chi connectivity index (χ1) is 16.6. The lowest BCUT2D eigenvalue weighted by molar-refractivity contribution is 0.282. The van der Waals surface area contributed by atoms with Gasteiger partial charge < -0.3 is 14.2 Å². The smallest absolute Gasteiger partial charge is 0.261 e. The maximum absolute atomic E-state index is 13.3. The van der Waals surface area contributed by atoms with E-state index >= 15 is 0 Å². The Bertz CT molecular complexity index is 1360. The Morgan fingerprint density at radius 1 is 0.941 bits per heavy atom. The molecule has 6 nitrogen and oxygen atoms in total. The molecular weight excluding hydrogens is 428 g/mol. The van der Waals surface area contributed by atoms with Gasteiger partial charge in [0.1, 0.15) is 11.6 Å². The summed E-state index contributed by atoms with van der Waals surface area (Å²) in [5.74, 6) is 2.73. The molecule has 0 amide bonds. The van der Waals surface area contributed by atoms with Crippen LogP contribution < -0.4 is 19.8 Å². The molecule has 4 rings (SSSR count). The van der Waals surface area contributed by atoms with Gasteiger partial charge in [0.25, 0.3) is 5.56 Å². The van der Waals surface area contributed by atoms with Crippen molar-refractivity contribution < 1.29 is 14.2 Å². The highest BCUT2D eigenvalue weighted by Gasteiger charge is 2.13. The minimum absolute atomic E-state index is 0.0651. The first-order valence-corrected chi connectivity index (χ1v) is 11.2. The van der Waals surface area contributed by atoms with Crippen LogP contribution in [0.25, 0.3) is 28.4 Å². The van der Waals surface area contributed by atoms with Gasteiger partial charge in [0.05, 0.1) is 31.7 Å². The van der Waals surface area contributed by atoms with Gasteiger partial charge in [0.15, 0.2) is 11.5 Å². The second-order valence-electron chi connectivity index (χ2n) is 7.75. The van der Waals surface area contributed by atoms with Crippen LogP contribution in [0.4, 0.5) is 0 Å². The minimum Gasteiger partial charge on any atom is -0.497 e. The lowest BCUT2D eigenvalue weighted by Crippen LogP contribution is -2.24. The fourth-order valence-electron chi connectivity index (χ4n) is 3.84. The van der Waals surface area contributed by atoms with E-state index in [2.05, 4.69) is 0 Å². The number of nitrogens with zero attached hydrogens (tertiary/aromatic N) is 2. The Morgan fingerprint density at radius 3 is 2.47 bits per heavy atom. The van der Waals surface area contributed by atoms with Crippen molar-refractivity contribution in [2.75, 3.05) is 20.8 Å². The Balaban J connectivity index is 1.57. The quantitative estimate of drug-likeness (QED) is 0.308. The molecule has 0 fully saturated rings. The first kappa shape index (κ1) is 23.1. The third kappa shape index (κ3) is 4.96. The molecule has 4 aromatic rings. The van der Waals surface area contributed by atoms with Gasteiger partial charge in [0.2, 0.25) is 0 Å². The van der Waals surface area contributed by atoms with Crippen molar-refractivity contribution in [2.24, 2.45) is 0 Å². The van der Waals surface area contributed by atoms with Gasteiger partial charge in [0, 0.05) is 12.1 Å². The van der Waals surface area contributed by atoms with Crippen molar-refractivity contribution >= 4 is 17.0 Å². The average molecular weight is 457 g/mol. The topological polar surface area (TPSA) is 62.6 Å². The van der Waals surface area contributed by atoms with Gasteiger partial charge in [-0.15, -0.1) is 0 Å². The second-order valence-corrected chi connectivity index (χ2v) is 7.75. The van der Waals surface area contributed by atoms with Crippen LogP contribution in [0.5, 0.6) is 17.2 Å². The highest BCUT2D eigenvalue weighted by molar-refractivity contribution is 5.79. The molecule has 0 atom stereocenters. The fraction of sp³-hybridized carbons (Fsp3) is 0.214. The zero-order chi connectivity index (χ0) is 23.9. The lowest BCUT2D eigenvalue weighted by atomic mass is 10.1. The molecule has 0 aliphatic heterocycles. The molecule has 0 N–H and O–H groups in total. The maximum Gasteiger partial charge on any atom is 0.261 e. The van der Waals surface area contributed by atoms with Gasteiger partial charge in [-0.2, -0.15) is 0 Å². The number of methoxy groups -OCH3 is 2. The van der Waals surface area contributed by atoms with Crippen molar-refractivity contribution in [3.8, 4) is 28.6 Å².